The first-order valence-corrected chi connectivity index (χ1v) is 10.6. The zero-order valence-corrected chi connectivity index (χ0v) is 17.5. The molecule has 5 nitrogen and oxygen atoms in total. The Bertz CT molecular complexity index is 974. The predicted octanol–water partition coefficient (Wildman–Crippen LogP) is 4.68. The number of rotatable bonds is 6. The number of hydrogen-bond acceptors (Lipinski definition) is 4. The van der Waals surface area contributed by atoms with Crippen LogP contribution in [0.1, 0.15) is 35.2 Å². The summed E-state index contributed by atoms with van der Waals surface area (Å²) in [6.45, 7) is 1.42. The van der Waals surface area contributed by atoms with Gasteiger partial charge in [0.05, 0.1) is 5.92 Å². The molecule has 2 aromatic rings. The first kappa shape index (κ1) is 20.6. The largest absolute Gasteiger partial charge is 0.455 e. The number of anilines is 1. The fourth-order valence-electron chi connectivity index (χ4n) is 4.96. The lowest BCUT2D eigenvalue weighted by Crippen LogP contribution is -2.37. The van der Waals surface area contributed by atoms with Crippen LogP contribution < -0.4 is 5.32 Å². The molecule has 4 atom stereocenters. The maximum Gasteiger partial charge on any atom is 0.310 e. The van der Waals surface area contributed by atoms with Gasteiger partial charge in [-0.05, 0) is 55.7 Å². The molecule has 0 aromatic heterocycles. The van der Waals surface area contributed by atoms with Crippen LogP contribution in [0.4, 0.5) is 5.69 Å². The summed E-state index contributed by atoms with van der Waals surface area (Å²) in [6.07, 6.45) is 2.76. The van der Waals surface area contributed by atoms with E-state index in [1.54, 1.807) is 37.3 Å². The summed E-state index contributed by atoms with van der Waals surface area (Å²) in [4.78, 5) is 38.3. The smallest absolute Gasteiger partial charge is 0.310 e. The van der Waals surface area contributed by atoms with Crippen molar-refractivity contribution >= 4 is 34.9 Å². The van der Waals surface area contributed by atoms with Crippen LogP contribution in [0, 0.1) is 30.6 Å². The van der Waals surface area contributed by atoms with E-state index >= 15 is 0 Å². The number of fused-ring (bicyclic) bond motifs is 2. The van der Waals surface area contributed by atoms with E-state index in [1.807, 2.05) is 18.2 Å². The van der Waals surface area contributed by atoms with Crippen LogP contribution >= 0.6 is 11.6 Å². The average Bonchev–Trinajstić information content (AvgIpc) is 3.37. The Morgan fingerprint density at radius 3 is 2.43 bits per heavy atom. The summed E-state index contributed by atoms with van der Waals surface area (Å²) < 4.78 is 5.36. The van der Waals surface area contributed by atoms with Gasteiger partial charge in [-0.15, -0.1) is 0 Å². The standard InChI is InChI=1S/C24H24ClNO4/c1-14-18(25)8-5-9-19(14)26-20(27)13-30-24(29)22-17-11-10-16(12-17)21(22)23(28)15-6-3-2-4-7-15/h2-9,16-17,21-22H,10-13H2,1H3,(H,26,27)/t16-,17-,21+,22+/m0/s1. The van der Waals surface area contributed by atoms with Crippen molar-refractivity contribution in [1.29, 1.82) is 0 Å². The molecule has 2 saturated carbocycles. The quantitative estimate of drug-likeness (QED) is 0.539. The SMILES string of the molecule is Cc1c(Cl)cccc1NC(=O)COC(=O)[C@@H]1[C@H]2CC[C@@H](C2)[C@H]1C(=O)c1ccccc1. The van der Waals surface area contributed by atoms with Gasteiger partial charge in [-0.3, -0.25) is 14.4 Å². The molecular formula is C24H24ClNO4. The van der Waals surface area contributed by atoms with E-state index in [9.17, 15) is 14.4 Å². The fourth-order valence-corrected chi connectivity index (χ4v) is 5.14. The van der Waals surface area contributed by atoms with Crippen molar-refractivity contribution in [2.75, 3.05) is 11.9 Å². The molecule has 2 aromatic carbocycles. The highest BCUT2D eigenvalue weighted by Gasteiger charge is 2.54. The number of halogens is 1. The van der Waals surface area contributed by atoms with Gasteiger partial charge in [-0.25, -0.2) is 0 Å². The monoisotopic (exact) mass is 425 g/mol. The maximum absolute atomic E-state index is 13.1. The van der Waals surface area contributed by atoms with E-state index in [0.29, 0.717) is 16.3 Å². The molecule has 156 valence electrons. The maximum atomic E-state index is 13.1. The number of carbonyl (C=O) groups excluding carboxylic acids is 3. The molecule has 2 fully saturated rings. The summed E-state index contributed by atoms with van der Waals surface area (Å²) in [7, 11) is 0. The van der Waals surface area contributed by atoms with Crippen LogP contribution in [0.5, 0.6) is 0 Å². The van der Waals surface area contributed by atoms with Crippen LogP contribution in [-0.2, 0) is 14.3 Å². The van der Waals surface area contributed by atoms with Gasteiger partial charge < -0.3 is 10.1 Å². The first-order valence-electron chi connectivity index (χ1n) is 10.3. The van der Waals surface area contributed by atoms with Crippen LogP contribution in [0.2, 0.25) is 5.02 Å². The lowest BCUT2D eigenvalue weighted by molar-refractivity contribution is -0.154. The van der Waals surface area contributed by atoms with Gasteiger partial charge >= 0.3 is 5.97 Å². The average molecular weight is 426 g/mol. The second-order valence-electron chi connectivity index (χ2n) is 8.18. The summed E-state index contributed by atoms with van der Waals surface area (Å²) in [5.41, 5.74) is 1.96. The summed E-state index contributed by atoms with van der Waals surface area (Å²) >= 11 is 6.07. The van der Waals surface area contributed by atoms with E-state index < -0.39 is 17.8 Å². The molecule has 6 heteroatoms. The second kappa shape index (κ2) is 8.60. The third-order valence-corrected chi connectivity index (χ3v) is 6.85. The molecule has 0 saturated heterocycles. The Morgan fingerprint density at radius 1 is 1.00 bits per heavy atom. The van der Waals surface area contributed by atoms with E-state index in [2.05, 4.69) is 5.32 Å². The molecule has 0 heterocycles. The number of carbonyl (C=O) groups is 3. The van der Waals surface area contributed by atoms with Gasteiger partial charge in [0.15, 0.2) is 12.4 Å². The molecule has 2 aliphatic carbocycles. The molecule has 0 unspecified atom stereocenters. The van der Waals surface area contributed by atoms with Crippen molar-refractivity contribution in [3.63, 3.8) is 0 Å². The highest BCUT2D eigenvalue weighted by Crippen LogP contribution is 2.53. The number of nitrogens with one attached hydrogen (secondary N) is 1. The summed E-state index contributed by atoms with van der Waals surface area (Å²) in [5.74, 6) is -1.35. The normalized spacial score (nSPS) is 24.5. The van der Waals surface area contributed by atoms with E-state index in [0.717, 1.165) is 24.8 Å². The number of ketones is 1. The van der Waals surface area contributed by atoms with E-state index in [4.69, 9.17) is 16.3 Å². The zero-order chi connectivity index (χ0) is 21.3. The lowest BCUT2D eigenvalue weighted by atomic mass is 9.75. The van der Waals surface area contributed by atoms with Crippen molar-refractivity contribution in [1.82, 2.24) is 0 Å². The third-order valence-electron chi connectivity index (χ3n) is 6.44. The lowest BCUT2D eigenvalue weighted by Gasteiger charge is -2.28. The Balaban J connectivity index is 1.41. The molecule has 30 heavy (non-hydrogen) atoms. The molecule has 1 amide bonds. The second-order valence-corrected chi connectivity index (χ2v) is 8.59. The van der Waals surface area contributed by atoms with Crippen LogP contribution in [0.15, 0.2) is 48.5 Å². The Morgan fingerprint density at radius 2 is 1.70 bits per heavy atom. The number of ether oxygens (including phenoxy) is 1. The number of Topliss-reactive ketones (excluding diaryl/α,β-unsaturated/α-hetero) is 1. The van der Waals surface area contributed by atoms with Gasteiger partial charge in [-0.2, -0.15) is 0 Å². The molecule has 0 aliphatic heterocycles. The topological polar surface area (TPSA) is 72.5 Å². The van der Waals surface area contributed by atoms with Crippen LogP contribution in [0.3, 0.4) is 0 Å². The van der Waals surface area contributed by atoms with Crippen molar-refractivity contribution in [2.24, 2.45) is 23.7 Å². The van der Waals surface area contributed by atoms with E-state index in [-0.39, 0.29) is 30.1 Å². The fraction of sp³-hybridized carbons (Fsp3) is 0.375. The molecule has 2 bridgehead atoms. The molecule has 1 N–H and O–H groups in total. The van der Waals surface area contributed by atoms with E-state index in [1.165, 1.54) is 0 Å². The Hall–Kier alpha value is -2.66. The highest BCUT2D eigenvalue weighted by molar-refractivity contribution is 6.31. The highest BCUT2D eigenvalue weighted by atomic mass is 35.5. The zero-order valence-electron chi connectivity index (χ0n) is 16.8. The summed E-state index contributed by atoms with van der Waals surface area (Å²) in [5, 5.41) is 3.27. The first-order chi connectivity index (χ1) is 14.5. The molecule has 0 spiro atoms. The van der Waals surface area contributed by atoms with Gasteiger partial charge in [0.2, 0.25) is 0 Å². The molecular weight excluding hydrogens is 402 g/mol. The van der Waals surface area contributed by atoms with Crippen LogP contribution in [-0.4, -0.2) is 24.3 Å². The number of esters is 1. The van der Waals surface area contributed by atoms with Gasteiger partial charge in [-0.1, -0.05) is 48.0 Å². The number of amides is 1. The minimum Gasteiger partial charge on any atom is -0.455 e. The third kappa shape index (κ3) is 3.99. The predicted molar refractivity (Wildman–Crippen MR) is 114 cm³/mol. The van der Waals surface area contributed by atoms with Gasteiger partial charge in [0.1, 0.15) is 0 Å². The van der Waals surface area contributed by atoms with Crippen molar-refractivity contribution in [2.45, 2.75) is 26.2 Å². The number of hydrogen-bond donors (Lipinski definition) is 1. The molecule has 2 aliphatic rings. The van der Waals surface area contributed by atoms with Crippen molar-refractivity contribution in [3.8, 4) is 0 Å². The summed E-state index contributed by atoms with van der Waals surface area (Å²) in [6, 6.07) is 14.3. The van der Waals surface area contributed by atoms with Crippen molar-refractivity contribution in [3.05, 3.63) is 64.7 Å². The molecule has 4 rings (SSSR count). The number of benzene rings is 2. The van der Waals surface area contributed by atoms with Crippen molar-refractivity contribution < 1.29 is 19.1 Å². The van der Waals surface area contributed by atoms with Crippen LogP contribution in [0.25, 0.3) is 0 Å². The minimum absolute atomic E-state index is 0.00348. The minimum atomic E-state index is -0.475. The molecule has 0 radical (unpaired) electrons. The Kier molecular flexibility index (Phi) is 5.91. The Labute approximate surface area is 180 Å². The van der Waals surface area contributed by atoms with Gasteiger partial charge in [0.25, 0.3) is 5.91 Å². The van der Waals surface area contributed by atoms with Gasteiger partial charge in [0, 0.05) is 22.2 Å².